The number of hydrogen-bond donors (Lipinski definition) is 0. The van der Waals surface area contributed by atoms with Crippen LogP contribution in [0, 0.1) is 0 Å². The second-order valence-corrected chi connectivity index (χ2v) is 11.5. The normalized spacial score (nSPS) is 22.8. The first-order valence-electron chi connectivity index (χ1n) is 16.2. The van der Waals surface area contributed by atoms with Crippen molar-refractivity contribution in [2.45, 2.75) is 76.4 Å². The van der Waals surface area contributed by atoms with Crippen molar-refractivity contribution in [1.29, 1.82) is 0 Å². The highest BCUT2D eigenvalue weighted by atomic mass is 16.7. The van der Waals surface area contributed by atoms with Gasteiger partial charge in [0.05, 0.1) is 39.6 Å². The second-order valence-electron chi connectivity index (χ2n) is 11.5. The summed E-state index contributed by atoms with van der Waals surface area (Å²) in [7, 11) is 0. The molecule has 0 aromatic heterocycles. The van der Waals surface area contributed by atoms with Crippen molar-refractivity contribution in [1.82, 2.24) is 0 Å². The van der Waals surface area contributed by atoms with Crippen molar-refractivity contribution in [3.63, 3.8) is 0 Å². The van der Waals surface area contributed by atoms with Crippen LogP contribution in [0.2, 0.25) is 0 Å². The van der Waals surface area contributed by atoms with E-state index in [0.29, 0.717) is 33.0 Å². The van der Waals surface area contributed by atoms with Crippen LogP contribution in [-0.4, -0.2) is 43.4 Å². The summed E-state index contributed by atoms with van der Waals surface area (Å²) in [6.07, 6.45) is 1.22. The molecular weight excluding hydrogens is 576 g/mol. The quantitative estimate of drug-likeness (QED) is 0.0827. The van der Waals surface area contributed by atoms with Crippen LogP contribution < -0.4 is 0 Å². The summed E-state index contributed by atoms with van der Waals surface area (Å²) >= 11 is 0. The molecule has 0 spiro atoms. The first-order chi connectivity index (χ1) is 22.7. The predicted molar refractivity (Wildman–Crippen MR) is 180 cm³/mol. The Morgan fingerprint density at radius 3 is 1.57 bits per heavy atom. The molecular formula is C40H46O6. The van der Waals surface area contributed by atoms with Gasteiger partial charge >= 0.3 is 0 Å². The van der Waals surface area contributed by atoms with Crippen molar-refractivity contribution in [2.24, 2.45) is 0 Å². The molecule has 0 unspecified atom stereocenters. The zero-order chi connectivity index (χ0) is 31.9. The van der Waals surface area contributed by atoms with Gasteiger partial charge in [-0.1, -0.05) is 141 Å². The Bertz CT molecular complexity index is 1400. The topological polar surface area (TPSA) is 55.4 Å². The Labute approximate surface area is 273 Å². The van der Waals surface area contributed by atoms with E-state index in [1.807, 2.05) is 97.1 Å². The van der Waals surface area contributed by atoms with E-state index < -0.39 is 30.2 Å². The van der Waals surface area contributed by atoms with Gasteiger partial charge in [0.1, 0.15) is 24.4 Å². The minimum absolute atomic E-state index is 0.262. The van der Waals surface area contributed by atoms with Gasteiger partial charge in [0.2, 0.25) is 5.79 Å². The monoisotopic (exact) mass is 622 g/mol. The Morgan fingerprint density at radius 1 is 0.630 bits per heavy atom. The highest BCUT2D eigenvalue weighted by molar-refractivity contribution is 5.17. The standard InChI is InChI=1S/C40H46O6/c1-3-5-26-45-40(4-2)39(44-30-35-24-16-9-17-25-35)38(43-29-34-22-14-8-15-23-34)37(42-28-33-20-12-7-13-21-33)36(46-40)31-41-27-32-18-10-6-11-19-32/h4,6-25,36-39H,2-3,5,26-31H2,1H3/t36-,37+,38+,39-,40+/m1/s1. The van der Waals surface area contributed by atoms with Gasteiger partial charge in [0.25, 0.3) is 0 Å². The molecule has 1 aliphatic rings. The van der Waals surface area contributed by atoms with E-state index in [9.17, 15) is 0 Å². The van der Waals surface area contributed by atoms with E-state index in [1.165, 1.54) is 0 Å². The number of rotatable bonds is 18. The summed E-state index contributed by atoms with van der Waals surface area (Å²) in [6.45, 7) is 8.60. The molecule has 4 aromatic carbocycles. The van der Waals surface area contributed by atoms with Gasteiger partial charge in [0, 0.05) is 0 Å². The van der Waals surface area contributed by atoms with E-state index in [-0.39, 0.29) is 6.61 Å². The summed E-state index contributed by atoms with van der Waals surface area (Å²) in [5.74, 6) is -1.29. The van der Waals surface area contributed by atoms with E-state index in [0.717, 1.165) is 35.1 Å². The van der Waals surface area contributed by atoms with Crippen molar-refractivity contribution < 1.29 is 28.4 Å². The first kappa shape index (κ1) is 33.7. The lowest BCUT2D eigenvalue weighted by molar-refractivity contribution is -0.364. The third kappa shape index (κ3) is 9.46. The SMILES string of the molecule is C=C[C@]1(OCCCC)O[C@H](COCc2ccccc2)[C@H](OCc2ccccc2)[C@H](OCc2ccccc2)[C@H]1OCc1ccccc1. The molecule has 1 heterocycles. The second kappa shape index (κ2) is 17.9. The summed E-state index contributed by atoms with van der Waals surface area (Å²) in [5.41, 5.74) is 4.21. The molecule has 0 radical (unpaired) electrons. The molecule has 1 saturated heterocycles. The van der Waals surface area contributed by atoms with Gasteiger partial charge in [-0.2, -0.15) is 0 Å². The molecule has 5 rings (SSSR count). The molecule has 5 atom stereocenters. The lowest BCUT2D eigenvalue weighted by Crippen LogP contribution is -2.67. The number of unbranched alkanes of at least 4 members (excludes halogenated alkanes) is 1. The van der Waals surface area contributed by atoms with E-state index in [4.69, 9.17) is 28.4 Å². The van der Waals surface area contributed by atoms with Crippen LogP contribution in [0.15, 0.2) is 134 Å². The molecule has 6 nitrogen and oxygen atoms in total. The van der Waals surface area contributed by atoms with Crippen molar-refractivity contribution in [2.75, 3.05) is 13.2 Å². The summed E-state index contributed by atoms with van der Waals surface area (Å²) in [4.78, 5) is 0. The molecule has 4 aromatic rings. The lowest BCUT2D eigenvalue weighted by Gasteiger charge is -2.51. The fourth-order valence-corrected chi connectivity index (χ4v) is 5.58. The van der Waals surface area contributed by atoms with Gasteiger partial charge in [0.15, 0.2) is 0 Å². The zero-order valence-electron chi connectivity index (χ0n) is 26.7. The van der Waals surface area contributed by atoms with Gasteiger partial charge in [-0.15, -0.1) is 0 Å². The third-order valence-corrected chi connectivity index (χ3v) is 8.07. The number of ether oxygens (including phenoxy) is 6. The van der Waals surface area contributed by atoms with Crippen LogP contribution in [0.4, 0.5) is 0 Å². The van der Waals surface area contributed by atoms with E-state index in [1.54, 1.807) is 6.08 Å². The highest BCUT2D eigenvalue weighted by Crippen LogP contribution is 2.39. The summed E-state index contributed by atoms with van der Waals surface area (Å²) in [6, 6.07) is 40.4. The smallest absolute Gasteiger partial charge is 0.217 e. The molecule has 1 aliphatic heterocycles. The number of benzene rings is 4. The van der Waals surface area contributed by atoms with Crippen LogP contribution in [0.25, 0.3) is 0 Å². The Balaban J connectivity index is 1.49. The van der Waals surface area contributed by atoms with Crippen LogP contribution in [0.1, 0.15) is 42.0 Å². The Morgan fingerprint density at radius 2 is 1.09 bits per heavy atom. The molecule has 0 aliphatic carbocycles. The minimum Gasteiger partial charge on any atom is -0.374 e. The van der Waals surface area contributed by atoms with Gasteiger partial charge < -0.3 is 28.4 Å². The average molecular weight is 623 g/mol. The van der Waals surface area contributed by atoms with Crippen molar-refractivity contribution in [3.05, 3.63) is 156 Å². The molecule has 0 N–H and O–H groups in total. The molecule has 242 valence electrons. The van der Waals surface area contributed by atoms with Crippen LogP contribution in [-0.2, 0) is 54.8 Å². The van der Waals surface area contributed by atoms with Crippen molar-refractivity contribution in [3.8, 4) is 0 Å². The maximum absolute atomic E-state index is 6.90. The summed E-state index contributed by atoms with van der Waals surface area (Å²) < 4.78 is 40.1. The first-order valence-corrected chi connectivity index (χ1v) is 16.2. The van der Waals surface area contributed by atoms with Gasteiger partial charge in [-0.05, 0) is 34.8 Å². The fourth-order valence-electron chi connectivity index (χ4n) is 5.58. The average Bonchev–Trinajstić information content (AvgIpc) is 3.11. The Hall–Kier alpha value is -3.62. The fraction of sp³-hybridized carbons (Fsp3) is 0.350. The van der Waals surface area contributed by atoms with Crippen LogP contribution in [0.5, 0.6) is 0 Å². The van der Waals surface area contributed by atoms with Crippen LogP contribution in [0.3, 0.4) is 0 Å². The lowest BCUT2D eigenvalue weighted by atomic mass is 9.91. The van der Waals surface area contributed by atoms with Gasteiger partial charge in [-0.25, -0.2) is 0 Å². The maximum atomic E-state index is 6.90. The highest BCUT2D eigenvalue weighted by Gasteiger charge is 2.56. The van der Waals surface area contributed by atoms with Crippen molar-refractivity contribution >= 4 is 0 Å². The molecule has 0 saturated carbocycles. The molecule has 0 amide bonds. The maximum Gasteiger partial charge on any atom is 0.217 e. The third-order valence-electron chi connectivity index (χ3n) is 8.07. The number of hydrogen-bond acceptors (Lipinski definition) is 6. The minimum atomic E-state index is -1.29. The molecule has 6 heteroatoms. The molecule has 1 fully saturated rings. The largest absolute Gasteiger partial charge is 0.374 e. The summed E-state index contributed by atoms with van der Waals surface area (Å²) in [5, 5.41) is 0. The Kier molecular flexibility index (Phi) is 13.1. The van der Waals surface area contributed by atoms with E-state index >= 15 is 0 Å². The zero-order valence-corrected chi connectivity index (χ0v) is 26.7. The van der Waals surface area contributed by atoms with Gasteiger partial charge in [-0.3, -0.25) is 0 Å². The predicted octanol–water partition coefficient (Wildman–Crippen LogP) is 8.06. The molecule has 46 heavy (non-hydrogen) atoms. The molecule has 0 bridgehead atoms. The van der Waals surface area contributed by atoms with E-state index in [2.05, 4.69) is 37.8 Å². The van der Waals surface area contributed by atoms with Crippen LogP contribution >= 0.6 is 0 Å².